The number of hydrogen-bond donors (Lipinski definition) is 1. The standard InChI is InChI=1S/C16H22F2N2O3S/c1-11(2)10-19-16(21)12-5-7-20(8-6-12)24(22,23)15-9-13(17)3-4-14(15)18/h3-4,9,11-12H,5-8,10H2,1-2H3,(H,19,21). The summed E-state index contributed by atoms with van der Waals surface area (Å²) in [7, 11) is -4.10. The second-order valence-corrected chi connectivity index (χ2v) is 8.30. The third kappa shape index (κ3) is 4.30. The van der Waals surface area contributed by atoms with E-state index in [1.165, 1.54) is 0 Å². The van der Waals surface area contributed by atoms with E-state index in [-0.39, 0.29) is 24.9 Å². The molecule has 0 atom stereocenters. The highest BCUT2D eigenvalue weighted by molar-refractivity contribution is 7.89. The molecule has 0 radical (unpaired) electrons. The predicted molar refractivity (Wildman–Crippen MR) is 85.7 cm³/mol. The molecule has 1 N–H and O–H groups in total. The second-order valence-electron chi connectivity index (χ2n) is 6.39. The van der Waals surface area contributed by atoms with Crippen LogP contribution in [0.2, 0.25) is 0 Å². The van der Waals surface area contributed by atoms with E-state index < -0.39 is 26.6 Å². The van der Waals surface area contributed by atoms with Gasteiger partial charge >= 0.3 is 0 Å². The van der Waals surface area contributed by atoms with Gasteiger partial charge in [0, 0.05) is 25.6 Å². The molecule has 0 unspecified atom stereocenters. The summed E-state index contributed by atoms with van der Waals surface area (Å²) in [6, 6.07) is 2.36. The van der Waals surface area contributed by atoms with Crippen molar-refractivity contribution >= 4 is 15.9 Å². The quantitative estimate of drug-likeness (QED) is 0.875. The van der Waals surface area contributed by atoms with Gasteiger partial charge in [-0.25, -0.2) is 17.2 Å². The summed E-state index contributed by atoms with van der Waals surface area (Å²) >= 11 is 0. The van der Waals surface area contributed by atoms with Gasteiger partial charge in [0.2, 0.25) is 15.9 Å². The Bertz CT molecular complexity index is 699. The zero-order chi connectivity index (χ0) is 17.9. The monoisotopic (exact) mass is 360 g/mol. The van der Waals surface area contributed by atoms with Crippen molar-refractivity contribution in [3.8, 4) is 0 Å². The smallest absolute Gasteiger partial charge is 0.246 e. The average molecular weight is 360 g/mol. The Morgan fingerprint density at radius 3 is 2.50 bits per heavy atom. The van der Waals surface area contributed by atoms with Gasteiger partial charge in [-0.3, -0.25) is 4.79 Å². The number of benzene rings is 1. The molecule has 0 aliphatic carbocycles. The van der Waals surface area contributed by atoms with E-state index in [1.54, 1.807) is 0 Å². The number of carbonyl (C=O) groups is 1. The van der Waals surface area contributed by atoms with E-state index in [2.05, 4.69) is 5.32 Å². The Labute approximate surface area is 141 Å². The van der Waals surface area contributed by atoms with E-state index in [0.717, 1.165) is 16.4 Å². The Hall–Kier alpha value is -1.54. The number of sulfonamides is 1. The minimum Gasteiger partial charge on any atom is -0.356 e. The first kappa shape index (κ1) is 18.8. The Morgan fingerprint density at radius 2 is 1.92 bits per heavy atom. The Balaban J connectivity index is 2.03. The SMILES string of the molecule is CC(C)CNC(=O)C1CCN(S(=O)(=O)c2cc(F)ccc2F)CC1. The van der Waals surface area contributed by atoms with E-state index in [9.17, 15) is 22.0 Å². The minimum absolute atomic E-state index is 0.0855. The lowest BCUT2D eigenvalue weighted by Crippen LogP contribution is -2.43. The summed E-state index contributed by atoms with van der Waals surface area (Å²) in [5.41, 5.74) is 0. The van der Waals surface area contributed by atoms with Gasteiger partial charge in [0.15, 0.2) is 0 Å². The molecule has 1 aliphatic rings. The molecule has 1 fully saturated rings. The van der Waals surface area contributed by atoms with E-state index in [4.69, 9.17) is 0 Å². The largest absolute Gasteiger partial charge is 0.356 e. The molecule has 1 aromatic rings. The van der Waals surface area contributed by atoms with Crippen molar-refractivity contribution in [2.45, 2.75) is 31.6 Å². The maximum atomic E-state index is 13.8. The molecule has 2 rings (SSSR count). The molecule has 1 aromatic carbocycles. The molecule has 0 saturated carbocycles. The van der Waals surface area contributed by atoms with Crippen LogP contribution in [0.25, 0.3) is 0 Å². The van der Waals surface area contributed by atoms with Gasteiger partial charge in [0.1, 0.15) is 16.5 Å². The third-order valence-corrected chi connectivity index (χ3v) is 5.93. The van der Waals surface area contributed by atoms with Gasteiger partial charge in [-0.2, -0.15) is 4.31 Å². The first-order valence-corrected chi connectivity index (χ1v) is 9.38. The molecule has 0 aromatic heterocycles. The van der Waals surface area contributed by atoms with Crippen molar-refractivity contribution in [1.29, 1.82) is 0 Å². The summed E-state index contributed by atoms with van der Waals surface area (Å²) in [6.07, 6.45) is 0.722. The Kier molecular flexibility index (Phi) is 5.92. The van der Waals surface area contributed by atoms with Crippen LogP contribution in [0, 0.1) is 23.5 Å². The van der Waals surface area contributed by atoms with Gasteiger partial charge in [0.25, 0.3) is 0 Å². The lowest BCUT2D eigenvalue weighted by atomic mass is 9.97. The number of piperidine rings is 1. The molecule has 1 amide bonds. The van der Waals surface area contributed by atoms with Crippen molar-refractivity contribution in [3.63, 3.8) is 0 Å². The highest BCUT2D eigenvalue weighted by Crippen LogP contribution is 2.26. The van der Waals surface area contributed by atoms with Crippen LogP contribution in [0.1, 0.15) is 26.7 Å². The molecule has 0 bridgehead atoms. The molecular formula is C16H22F2N2O3S. The first-order chi connectivity index (χ1) is 11.2. The molecule has 134 valence electrons. The summed E-state index contributed by atoms with van der Waals surface area (Å²) in [6.45, 7) is 4.77. The van der Waals surface area contributed by atoms with Gasteiger partial charge < -0.3 is 5.32 Å². The third-order valence-electron chi connectivity index (χ3n) is 4.02. The Morgan fingerprint density at radius 1 is 1.29 bits per heavy atom. The maximum Gasteiger partial charge on any atom is 0.246 e. The topological polar surface area (TPSA) is 66.5 Å². The van der Waals surface area contributed by atoms with Crippen LogP contribution in [-0.4, -0.2) is 38.3 Å². The number of halogens is 2. The van der Waals surface area contributed by atoms with Crippen LogP contribution in [0.3, 0.4) is 0 Å². The summed E-state index contributed by atoms with van der Waals surface area (Å²) in [4.78, 5) is 11.4. The van der Waals surface area contributed by atoms with Crippen LogP contribution in [0.5, 0.6) is 0 Å². The van der Waals surface area contributed by atoms with Crippen molar-refractivity contribution in [2.24, 2.45) is 11.8 Å². The fourth-order valence-corrected chi connectivity index (χ4v) is 4.17. The zero-order valence-corrected chi connectivity index (χ0v) is 14.6. The van der Waals surface area contributed by atoms with Gasteiger partial charge in [-0.05, 0) is 37.0 Å². The van der Waals surface area contributed by atoms with Crippen molar-refractivity contribution < 1.29 is 22.0 Å². The average Bonchev–Trinajstić information content (AvgIpc) is 2.54. The normalized spacial score (nSPS) is 17.2. The van der Waals surface area contributed by atoms with Crippen LogP contribution in [0.4, 0.5) is 8.78 Å². The van der Waals surface area contributed by atoms with Crippen molar-refractivity contribution in [3.05, 3.63) is 29.8 Å². The number of amides is 1. The number of nitrogens with one attached hydrogen (secondary N) is 1. The fraction of sp³-hybridized carbons (Fsp3) is 0.562. The number of carbonyl (C=O) groups excluding carboxylic acids is 1. The zero-order valence-electron chi connectivity index (χ0n) is 13.8. The van der Waals surface area contributed by atoms with Crippen LogP contribution >= 0.6 is 0 Å². The summed E-state index contributed by atoms with van der Waals surface area (Å²) in [5.74, 6) is -1.79. The highest BCUT2D eigenvalue weighted by Gasteiger charge is 2.33. The van der Waals surface area contributed by atoms with Crippen molar-refractivity contribution in [1.82, 2.24) is 9.62 Å². The fourth-order valence-electron chi connectivity index (χ4n) is 2.62. The second kappa shape index (κ2) is 7.57. The highest BCUT2D eigenvalue weighted by atomic mass is 32.2. The summed E-state index contributed by atoms with van der Waals surface area (Å²) in [5, 5.41) is 2.84. The van der Waals surface area contributed by atoms with E-state index >= 15 is 0 Å². The van der Waals surface area contributed by atoms with Crippen LogP contribution < -0.4 is 5.32 Å². The molecule has 0 spiro atoms. The number of rotatable bonds is 5. The molecule has 1 heterocycles. The van der Waals surface area contributed by atoms with Crippen LogP contribution in [-0.2, 0) is 14.8 Å². The molecule has 1 saturated heterocycles. The van der Waals surface area contributed by atoms with Gasteiger partial charge in [-0.1, -0.05) is 13.8 Å². The van der Waals surface area contributed by atoms with Crippen LogP contribution in [0.15, 0.2) is 23.1 Å². The minimum atomic E-state index is -4.10. The van der Waals surface area contributed by atoms with Crippen molar-refractivity contribution in [2.75, 3.05) is 19.6 Å². The molecule has 1 aliphatic heterocycles. The molecule has 24 heavy (non-hydrogen) atoms. The number of nitrogens with zero attached hydrogens (tertiary/aromatic N) is 1. The lowest BCUT2D eigenvalue weighted by molar-refractivity contribution is -0.126. The van der Waals surface area contributed by atoms with E-state index in [0.29, 0.717) is 31.4 Å². The number of hydrogen-bond acceptors (Lipinski definition) is 3. The summed E-state index contributed by atoms with van der Waals surface area (Å²) < 4.78 is 53.1. The first-order valence-electron chi connectivity index (χ1n) is 7.94. The molecular weight excluding hydrogens is 338 g/mol. The molecule has 5 nitrogen and oxygen atoms in total. The van der Waals surface area contributed by atoms with E-state index in [1.807, 2.05) is 13.8 Å². The lowest BCUT2D eigenvalue weighted by Gasteiger charge is -2.30. The predicted octanol–water partition coefficient (Wildman–Crippen LogP) is 2.14. The molecule has 8 heteroatoms. The maximum absolute atomic E-state index is 13.8. The van der Waals surface area contributed by atoms with Gasteiger partial charge in [0.05, 0.1) is 0 Å². The van der Waals surface area contributed by atoms with Gasteiger partial charge in [-0.15, -0.1) is 0 Å².